The highest BCUT2D eigenvalue weighted by molar-refractivity contribution is 6.33. The van der Waals surface area contributed by atoms with Crippen LogP contribution in [0, 0.1) is 10.1 Å². The fourth-order valence-corrected chi connectivity index (χ4v) is 2.16. The van der Waals surface area contributed by atoms with Crippen LogP contribution in [0.5, 0.6) is 0 Å². The minimum absolute atomic E-state index is 0.0611. The maximum atomic E-state index is 11.8. The molecule has 0 radical (unpaired) electrons. The maximum absolute atomic E-state index is 11.8. The van der Waals surface area contributed by atoms with E-state index < -0.39 is 10.9 Å². The molecule has 1 aromatic carbocycles. The molecule has 1 aromatic rings. The molecule has 1 rings (SSSR count). The minimum Gasteiger partial charge on any atom is -0.462 e. The average Bonchev–Trinajstić information content (AvgIpc) is 2.45. The van der Waals surface area contributed by atoms with Crippen molar-refractivity contribution in [3.63, 3.8) is 0 Å². The van der Waals surface area contributed by atoms with Gasteiger partial charge in [-0.1, -0.05) is 50.6 Å². The second-order valence-corrected chi connectivity index (χ2v) is 5.23. The Labute approximate surface area is 129 Å². The number of esters is 1. The Hall–Kier alpha value is -1.62. The van der Waals surface area contributed by atoms with Crippen LogP contribution in [0.15, 0.2) is 18.2 Å². The molecule has 6 heteroatoms. The molecule has 0 atom stereocenters. The lowest BCUT2D eigenvalue weighted by Gasteiger charge is -2.05. The Balaban J connectivity index is 2.35. The Bertz CT molecular complexity index is 491. The molecule has 0 saturated heterocycles. The summed E-state index contributed by atoms with van der Waals surface area (Å²) >= 11 is 5.75. The van der Waals surface area contributed by atoms with Crippen molar-refractivity contribution < 1.29 is 14.5 Å². The van der Waals surface area contributed by atoms with Gasteiger partial charge in [-0.05, 0) is 18.6 Å². The van der Waals surface area contributed by atoms with Gasteiger partial charge in [-0.2, -0.15) is 0 Å². The van der Waals surface area contributed by atoms with Crippen LogP contribution < -0.4 is 0 Å². The first kappa shape index (κ1) is 17.4. The highest BCUT2D eigenvalue weighted by Gasteiger charge is 2.15. The first-order chi connectivity index (χ1) is 10.1. The summed E-state index contributed by atoms with van der Waals surface area (Å²) in [5, 5.41) is 10.6. The number of benzene rings is 1. The summed E-state index contributed by atoms with van der Waals surface area (Å²) in [5.74, 6) is -0.500. The smallest absolute Gasteiger partial charge is 0.338 e. The molecule has 0 spiro atoms. The van der Waals surface area contributed by atoms with Crippen molar-refractivity contribution in [3.8, 4) is 0 Å². The van der Waals surface area contributed by atoms with Crippen molar-refractivity contribution in [1.29, 1.82) is 0 Å². The maximum Gasteiger partial charge on any atom is 0.338 e. The number of nitrogens with zero attached hydrogens (tertiary/aromatic N) is 1. The predicted molar refractivity (Wildman–Crippen MR) is 81.8 cm³/mol. The third kappa shape index (κ3) is 6.12. The molecule has 0 N–H and O–H groups in total. The summed E-state index contributed by atoms with van der Waals surface area (Å²) in [6.07, 6.45) is 6.67. The van der Waals surface area contributed by atoms with Crippen molar-refractivity contribution >= 4 is 23.3 Å². The minimum atomic E-state index is -0.590. The van der Waals surface area contributed by atoms with Gasteiger partial charge in [-0.3, -0.25) is 10.1 Å². The molecule has 0 aromatic heterocycles. The van der Waals surface area contributed by atoms with E-state index >= 15 is 0 Å². The summed E-state index contributed by atoms with van der Waals surface area (Å²) in [4.78, 5) is 21.8. The summed E-state index contributed by atoms with van der Waals surface area (Å²) in [7, 11) is 0. The second-order valence-electron chi connectivity index (χ2n) is 4.83. The fourth-order valence-electron chi connectivity index (χ4n) is 1.91. The number of hydrogen-bond acceptors (Lipinski definition) is 4. The zero-order chi connectivity index (χ0) is 15.7. The van der Waals surface area contributed by atoms with Crippen molar-refractivity contribution in [2.24, 2.45) is 0 Å². The molecular weight excluding hydrogens is 294 g/mol. The van der Waals surface area contributed by atoms with E-state index in [2.05, 4.69) is 6.92 Å². The van der Waals surface area contributed by atoms with Gasteiger partial charge in [0.1, 0.15) is 5.02 Å². The van der Waals surface area contributed by atoms with Gasteiger partial charge in [0.2, 0.25) is 0 Å². The molecule has 0 aliphatic heterocycles. The highest BCUT2D eigenvalue weighted by atomic mass is 35.5. The molecule has 116 valence electrons. The Morgan fingerprint density at radius 2 is 1.90 bits per heavy atom. The molecule has 0 saturated carbocycles. The number of nitro benzene ring substituents is 1. The van der Waals surface area contributed by atoms with Crippen LogP contribution in [0.4, 0.5) is 5.69 Å². The number of rotatable bonds is 9. The number of carbonyl (C=O) groups excluding carboxylic acids is 1. The van der Waals surface area contributed by atoms with Crippen LogP contribution in [0.1, 0.15) is 55.8 Å². The third-order valence-electron chi connectivity index (χ3n) is 3.11. The molecule has 0 fully saturated rings. The fraction of sp³-hybridized carbons (Fsp3) is 0.533. The molecule has 0 bridgehead atoms. The normalized spacial score (nSPS) is 10.4. The zero-order valence-electron chi connectivity index (χ0n) is 12.1. The number of carbonyl (C=O) groups is 1. The topological polar surface area (TPSA) is 69.4 Å². The third-order valence-corrected chi connectivity index (χ3v) is 3.41. The molecule has 5 nitrogen and oxygen atoms in total. The van der Waals surface area contributed by atoms with Crippen LogP contribution in [0.25, 0.3) is 0 Å². The van der Waals surface area contributed by atoms with Crippen LogP contribution in [0.3, 0.4) is 0 Å². The SMILES string of the molecule is CCCCCCCCOC(=O)c1ccc([N+](=O)[O-])c(Cl)c1. The van der Waals surface area contributed by atoms with Crippen LogP contribution in [-0.2, 0) is 4.74 Å². The van der Waals surface area contributed by atoms with E-state index in [-0.39, 0.29) is 16.3 Å². The first-order valence-corrected chi connectivity index (χ1v) is 7.55. The summed E-state index contributed by atoms with van der Waals surface area (Å²) < 4.78 is 5.12. The second kappa shape index (κ2) is 9.34. The predicted octanol–water partition coefficient (Wildman–Crippen LogP) is 4.77. The summed E-state index contributed by atoms with van der Waals surface area (Å²) in [6, 6.07) is 3.83. The molecular formula is C15H20ClNO4. The van der Waals surface area contributed by atoms with Gasteiger partial charge in [0.15, 0.2) is 0 Å². The number of ether oxygens (including phenoxy) is 1. The van der Waals surface area contributed by atoms with E-state index in [4.69, 9.17) is 16.3 Å². The van der Waals surface area contributed by atoms with E-state index in [1.165, 1.54) is 37.5 Å². The summed E-state index contributed by atoms with van der Waals surface area (Å²) in [6.45, 7) is 2.52. The van der Waals surface area contributed by atoms with Crippen LogP contribution >= 0.6 is 11.6 Å². The van der Waals surface area contributed by atoms with E-state index in [1.54, 1.807) is 0 Å². The molecule has 0 heterocycles. The lowest BCUT2D eigenvalue weighted by atomic mass is 10.1. The van der Waals surface area contributed by atoms with Crippen LogP contribution in [-0.4, -0.2) is 17.5 Å². The number of halogens is 1. The standard InChI is InChI=1S/C15H20ClNO4/c1-2-3-4-5-6-7-10-21-15(18)12-8-9-14(17(19)20)13(16)11-12/h8-9,11H,2-7,10H2,1H3. The number of hydrogen-bond donors (Lipinski definition) is 0. The lowest BCUT2D eigenvalue weighted by molar-refractivity contribution is -0.384. The average molecular weight is 314 g/mol. The van der Waals surface area contributed by atoms with Crippen molar-refractivity contribution in [2.45, 2.75) is 45.4 Å². The number of nitro groups is 1. The molecule has 0 amide bonds. The molecule has 0 unspecified atom stereocenters. The number of unbranched alkanes of at least 4 members (excludes halogenated alkanes) is 5. The van der Waals surface area contributed by atoms with Crippen molar-refractivity contribution in [3.05, 3.63) is 38.9 Å². The molecule has 0 aliphatic carbocycles. The van der Waals surface area contributed by atoms with E-state index in [0.29, 0.717) is 6.61 Å². The zero-order valence-corrected chi connectivity index (χ0v) is 12.9. The molecule has 21 heavy (non-hydrogen) atoms. The van der Waals surface area contributed by atoms with E-state index in [1.807, 2.05) is 0 Å². The molecule has 0 aliphatic rings. The Kier molecular flexibility index (Phi) is 7.75. The van der Waals surface area contributed by atoms with Gasteiger partial charge in [0.25, 0.3) is 5.69 Å². The summed E-state index contributed by atoms with van der Waals surface area (Å²) in [5.41, 5.74) is 0.0146. The van der Waals surface area contributed by atoms with E-state index in [9.17, 15) is 14.9 Å². The Morgan fingerprint density at radius 3 is 2.52 bits per heavy atom. The highest BCUT2D eigenvalue weighted by Crippen LogP contribution is 2.25. The van der Waals surface area contributed by atoms with Gasteiger partial charge in [0, 0.05) is 6.07 Å². The van der Waals surface area contributed by atoms with Gasteiger partial charge in [-0.15, -0.1) is 0 Å². The first-order valence-electron chi connectivity index (χ1n) is 7.17. The Morgan fingerprint density at radius 1 is 1.24 bits per heavy atom. The van der Waals surface area contributed by atoms with Crippen molar-refractivity contribution in [1.82, 2.24) is 0 Å². The van der Waals surface area contributed by atoms with Crippen LogP contribution in [0.2, 0.25) is 5.02 Å². The van der Waals surface area contributed by atoms with Crippen molar-refractivity contribution in [2.75, 3.05) is 6.61 Å². The largest absolute Gasteiger partial charge is 0.462 e. The van der Waals surface area contributed by atoms with Gasteiger partial charge in [0.05, 0.1) is 17.1 Å². The monoisotopic (exact) mass is 313 g/mol. The van der Waals surface area contributed by atoms with Gasteiger partial charge >= 0.3 is 5.97 Å². The quantitative estimate of drug-likeness (QED) is 0.285. The van der Waals surface area contributed by atoms with E-state index in [0.717, 1.165) is 19.3 Å². The van der Waals surface area contributed by atoms with Gasteiger partial charge < -0.3 is 4.74 Å². The lowest BCUT2D eigenvalue weighted by Crippen LogP contribution is -2.06. The van der Waals surface area contributed by atoms with Gasteiger partial charge in [-0.25, -0.2) is 4.79 Å².